The van der Waals surface area contributed by atoms with E-state index in [-0.39, 0.29) is 5.92 Å². The van der Waals surface area contributed by atoms with Crippen molar-refractivity contribution in [2.75, 3.05) is 11.9 Å². The van der Waals surface area contributed by atoms with Crippen LogP contribution in [0.1, 0.15) is 56.7 Å². The average Bonchev–Trinajstić information content (AvgIpc) is 2.96. The Kier molecular flexibility index (Phi) is 5.19. The third-order valence-electron chi connectivity index (χ3n) is 3.13. The van der Waals surface area contributed by atoms with Gasteiger partial charge in [-0.25, -0.2) is 4.98 Å². The minimum atomic E-state index is 0.275. The van der Waals surface area contributed by atoms with Crippen molar-refractivity contribution in [2.24, 2.45) is 0 Å². The molecule has 0 unspecified atom stereocenters. The van der Waals surface area contributed by atoms with Gasteiger partial charge in [-0.15, -0.1) is 5.10 Å². The second kappa shape index (κ2) is 7.10. The number of aryl methyl sites for hydroxylation is 2. The number of hydrogen-bond acceptors (Lipinski definition) is 7. The molecule has 0 spiro atoms. The van der Waals surface area contributed by atoms with Crippen LogP contribution in [0.5, 0.6) is 0 Å². The van der Waals surface area contributed by atoms with Gasteiger partial charge in [0.05, 0.1) is 11.4 Å². The molecule has 0 bridgehead atoms. The van der Waals surface area contributed by atoms with E-state index in [2.05, 4.69) is 44.5 Å². The summed E-state index contributed by atoms with van der Waals surface area (Å²) in [6.45, 7) is 8.83. The summed E-state index contributed by atoms with van der Waals surface area (Å²) in [4.78, 5) is 8.80. The lowest BCUT2D eigenvalue weighted by atomic mass is 10.2. The van der Waals surface area contributed by atoms with Crippen molar-refractivity contribution in [3.63, 3.8) is 0 Å². The quantitative estimate of drug-likeness (QED) is 0.835. The molecule has 0 fully saturated rings. The molecule has 2 rings (SSSR count). The van der Waals surface area contributed by atoms with Crippen LogP contribution in [-0.4, -0.2) is 31.9 Å². The number of nitrogens with one attached hydrogen (secondary N) is 1. The molecule has 0 radical (unpaired) electrons. The van der Waals surface area contributed by atoms with Crippen molar-refractivity contribution in [3.8, 4) is 0 Å². The molecular formula is C14H22N6O. The molecule has 1 N–H and O–H groups in total. The smallest absolute Gasteiger partial charge is 0.242 e. The monoisotopic (exact) mass is 290 g/mol. The van der Waals surface area contributed by atoms with Crippen molar-refractivity contribution >= 4 is 5.95 Å². The van der Waals surface area contributed by atoms with Gasteiger partial charge in [0.2, 0.25) is 11.8 Å². The normalized spacial score (nSPS) is 11.1. The van der Waals surface area contributed by atoms with E-state index >= 15 is 0 Å². The third-order valence-corrected chi connectivity index (χ3v) is 3.13. The van der Waals surface area contributed by atoms with Crippen molar-refractivity contribution in [1.82, 2.24) is 25.3 Å². The van der Waals surface area contributed by atoms with E-state index < -0.39 is 0 Å². The Bertz CT molecular complexity index is 581. The van der Waals surface area contributed by atoms with Crippen molar-refractivity contribution in [3.05, 3.63) is 23.1 Å². The highest BCUT2D eigenvalue weighted by atomic mass is 16.5. The molecule has 0 aliphatic rings. The van der Waals surface area contributed by atoms with Crippen LogP contribution in [0, 0.1) is 0 Å². The number of nitrogens with zero attached hydrogens (tertiary/aromatic N) is 5. The van der Waals surface area contributed by atoms with E-state index in [0.29, 0.717) is 24.8 Å². The van der Waals surface area contributed by atoms with Crippen molar-refractivity contribution < 1.29 is 4.52 Å². The first-order chi connectivity index (χ1) is 10.1. The molecule has 0 aromatic carbocycles. The van der Waals surface area contributed by atoms with E-state index in [1.807, 2.05) is 13.8 Å². The highest BCUT2D eigenvalue weighted by molar-refractivity contribution is 5.25. The fourth-order valence-corrected chi connectivity index (χ4v) is 1.90. The number of rotatable bonds is 7. The summed E-state index contributed by atoms with van der Waals surface area (Å²) in [7, 11) is 0. The first-order valence-corrected chi connectivity index (χ1v) is 7.42. The minimum absolute atomic E-state index is 0.275. The third kappa shape index (κ3) is 3.96. The van der Waals surface area contributed by atoms with Gasteiger partial charge in [-0.1, -0.05) is 32.9 Å². The van der Waals surface area contributed by atoms with Gasteiger partial charge in [-0.3, -0.25) is 0 Å². The Morgan fingerprint density at radius 1 is 1.05 bits per heavy atom. The molecule has 0 aliphatic carbocycles. The van der Waals surface area contributed by atoms with Gasteiger partial charge in [0.15, 0.2) is 5.82 Å². The van der Waals surface area contributed by atoms with Crippen LogP contribution in [-0.2, 0) is 19.3 Å². The fourth-order valence-electron chi connectivity index (χ4n) is 1.90. The Balaban J connectivity index is 1.90. The van der Waals surface area contributed by atoms with Gasteiger partial charge in [0, 0.05) is 18.9 Å². The van der Waals surface area contributed by atoms with Crippen molar-refractivity contribution in [2.45, 2.75) is 52.9 Å². The predicted octanol–water partition coefficient (Wildman–Crippen LogP) is 2.16. The largest absolute Gasteiger partial charge is 0.352 e. The summed E-state index contributed by atoms with van der Waals surface area (Å²) in [5.74, 6) is 2.19. The number of anilines is 1. The maximum Gasteiger partial charge on any atom is 0.242 e. The minimum Gasteiger partial charge on any atom is -0.352 e. The van der Waals surface area contributed by atoms with E-state index in [0.717, 1.165) is 30.1 Å². The van der Waals surface area contributed by atoms with Gasteiger partial charge in [-0.2, -0.15) is 10.1 Å². The lowest BCUT2D eigenvalue weighted by Crippen LogP contribution is -2.12. The van der Waals surface area contributed by atoms with Gasteiger partial charge >= 0.3 is 0 Å². The number of aromatic nitrogens is 5. The Hall–Kier alpha value is -2.05. The number of hydrogen-bond donors (Lipinski definition) is 1. The van der Waals surface area contributed by atoms with E-state index in [4.69, 9.17) is 4.52 Å². The second-order valence-corrected chi connectivity index (χ2v) is 5.11. The van der Waals surface area contributed by atoms with Gasteiger partial charge in [0.25, 0.3) is 0 Å². The van der Waals surface area contributed by atoms with Crippen LogP contribution in [0.25, 0.3) is 0 Å². The summed E-state index contributed by atoms with van der Waals surface area (Å²) in [5.41, 5.74) is 1.96. The molecule has 0 atom stereocenters. The first kappa shape index (κ1) is 15.3. The maximum absolute atomic E-state index is 5.19. The van der Waals surface area contributed by atoms with Crippen LogP contribution in [0.4, 0.5) is 5.95 Å². The predicted molar refractivity (Wildman–Crippen MR) is 79.2 cm³/mol. The van der Waals surface area contributed by atoms with E-state index in [9.17, 15) is 0 Å². The van der Waals surface area contributed by atoms with Crippen LogP contribution >= 0.6 is 0 Å². The van der Waals surface area contributed by atoms with Crippen LogP contribution in [0.2, 0.25) is 0 Å². The average molecular weight is 290 g/mol. The topological polar surface area (TPSA) is 89.6 Å². The molecule has 0 saturated heterocycles. The summed E-state index contributed by atoms with van der Waals surface area (Å²) in [5, 5.41) is 15.4. The molecule has 114 valence electrons. The summed E-state index contributed by atoms with van der Waals surface area (Å²) in [6.07, 6.45) is 2.35. The molecule has 7 nitrogen and oxygen atoms in total. The first-order valence-electron chi connectivity index (χ1n) is 7.42. The highest BCUT2D eigenvalue weighted by Crippen LogP contribution is 2.10. The molecule has 0 amide bonds. The zero-order chi connectivity index (χ0) is 15.2. The van der Waals surface area contributed by atoms with Gasteiger partial charge in [-0.05, 0) is 12.8 Å². The summed E-state index contributed by atoms with van der Waals surface area (Å²) < 4.78 is 5.19. The Morgan fingerprint density at radius 2 is 1.81 bits per heavy atom. The molecule has 2 heterocycles. The SMILES string of the molecule is CCc1nnc(NCCc2nc(C(C)C)no2)nc1CC. The second-order valence-electron chi connectivity index (χ2n) is 5.11. The zero-order valence-electron chi connectivity index (χ0n) is 13.1. The van der Waals surface area contributed by atoms with Crippen LogP contribution in [0.15, 0.2) is 4.52 Å². The molecule has 0 aliphatic heterocycles. The molecule has 0 saturated carbocycles. The Morgan fingerprint density at radius 3 is 2.43 bits per heavy atom. The molecule has 2 aromatic rings. The van der Waals surface area contributed by atoms with Crippen LogP contribution < -0.4 is 5.32 Å². The maximum atomic E-state index is 5.19. The molecular weight excluding hydrogens is 268 g/mol. The summed E-state index contributed by atoms with van der Waals surface area (Å²) in [6, 6.07) is 0. The lowest BCUT2D eigenvalue weighted by Gasteiger charge is -2.06. The van der Waals surface area contributed by atoms with Gasteiger partial charge in [0.1, 0.15) is 0 Å². The van der Waals surface area contributed by atoms with Gasteiger partial charge < -0.3 is 9.84 Å². The van der Waals surface area contributed by atoms with E-state index in [1.165, 1.54) is 0 Å². The van der Waals surface area contributed by atoms with Crippen molar-refractivity contribution in [1.29, 1.82) is 0 Å². The molecule has 7 heteroatoms. The van der Waals surface area contributed by atoms with E-state index in [1.54, 1.807) is 0 Å². The van der Waals surface area contributed by atoms with Crippen LogP contribution in [0.3, 0.4) is 0 Å². The highest BCUT2D eigenvalue weighted by Gasteiger charge is 2.10. The molecule has 21 heavy (non-hydrogen) atoms. The standard InChI is InChI=1S/C14H22N6O/c1-5-10-11(6-2)18-19-14(16-10)15-8-7-12-17-13(9(3)4)20-21-12/h9H,5-8H2,1-4H3,(H,15,16,19). The Labute approximate surface area is 124 Å². The fraction of sp³-hybridized carbons (Fsp3) is 0.643. The molecule has 2 aromatic heterocycles. The lowest BCUT2D eigenvalue weighted by molar-refractivity contribution is 0.373. The zero-order valence-corrected chi connectivity index (χ0v) is 13.1. The summed E-state index contributed by atoms with van der Waals surface area (Å²) >= 11 is 0.